The summed E-state index contributed by atoms with van der Waals surface area (Å²) in [5.41, 5.74) is -0.430. The average Bonchev–Trinajstić information content (AvgIpc) is 2.60. The zero-order valence-corrected chi connectivity index (χ0v) is 17.2. The molecule has 2 aliphatic rings. The molecule has 1 unspecified atom stereocenters. The molecule has 0 aliphatic carbocycles. The summed E-state index contributed by atoms with van der Waals surface area (Å²) in [4.78, 5) is 19.4. The Labute approximate surface area is 159 Å². The third-order valence-corrected chi connectivity index (χ3v) is 5.09. The maximum atomic E-state index is 11.6. The number of hydrogen-bond donors (Lipinski definition) is 2. The molecule has 26 heavy (non-hydrogen) atoms. The van der Waals surface area contributed by atoms with Gasteiger partial charge in [0.05, 0.1) is 6.17 Å². The largest absolute Gasteiger partial charge is 0.444 e. The van der Waals surface area contributed by atoms with E-state index < -0.39 is 5.60 Å². The van der Waals surface area contributed by atoms with Crippen molar-refractivity contribution >= 4 is 6.09 Å². The van der Waals surface area contributed by atoms with Gasteiger partial charge < -0.3 is 20.3 Å². The van der Waals surface area contributed by atoms with E-state index in [0.29, 0.717) is 12.7 Å². The van der Waals surface area contributed by atoms with E-state index in [9.17, 15) is 4.79 Å². The number of rotatable bonds is 7. The third kappa shape index (κ3) is 7.39. The number of carbonyl (C=O) groups excluding carboxylic acids is 1. The highest BCUT2D eigenvalue weighted by Crippen LogP contribution is 2.14. The van der Waals surface area contributed by atoms with Crippen molar-refractivity contribution in [3.8, 4) is 0 Å². The first-order valence-electron chi connectivity index (χ1n) is 10.3. The lowest BCUT2D eigenvalue weighted by molar-refractivity contribution is -0.000543. The van der Waals surface area contributed by atoms with Crippen molar-refractivity contribution in [2.45, 2.75) is 52.3 Å². The number of piperazine rings is 2. The second-order valence-electron chi connectivity index (χ2n) is 8.33. The molecule has 1 atom stereocenters. The summed E-state index contributed by atoms with van der Waals surface area (Å²) in [6, 6.07) is 0. The Morgan fingerprint density at radius 3 is 2.27 bits per heavy atom. The van der Waals surface area contributed by atoms with Crippen LogP contribution in [0, 0.1) is 0 Å². The molecule has 2 saturated heterocycles. The lowest BCUT2D eigenvalue weighted by Crippen LogP contribution is -2.59. The fourth-order valence-electron chi connectivity index (χ4n) is 3.82. The lowest BCUT2D eigenvalue weighted by atomic mass is 10.2. The zero-order chi connectivity index (χ0) is 19.0. The van der Waals surface area contributed by atoms with Crippen LogP contribution in [-0.2, 0) is 4.74 Å². The molecule has 2 N–H and O–H groups in total. The molecule has 0 radical (unpaired) electrons. The minimum atomic E-state index is -0.430. The van der Waals surface area contributed by atoms with Crippen molar-refractivity contribution in [1.29, 1.82) is 0 Å². The van der Waals surface area contributed by atoms with Gasteiger partial charge in [-0.15, -0.1) is 0 Å². The molecule has 152 valence electrons. The standard InChI is InChI=1S/C19H39N5O2/c1-5-17(23-11-8-20-9-12-23)24-15-13-22(14-16-24)10-6-7-21-18(25)26-19(2,3)4/h17,20H,5-16H2,1-4H3,(H,21,25). The van der Waals surface area contributed by atoms with E-state index in [1.807, 2.05) is 20.8 Å². The second-order valence-corrected chi connectivity index (χ2v) is 8.33. The van der Waals surface area contributed by atoms with Crippen LogP contribution in [0.4, 0.5) is 4.79 Å². The normalized spacial score (nSPS) is 22.2. The maximum absolute atomic E-state index is 11.6. The first-order valence-corrected chi connectivity index (χ1v) is 10.3. The third-order valence-electron chi connectivity index (χ3n) is 5.09. The lowest BCUT2D eigenvalue weighted by Gasteiger charge is -2.45. The molecule has 1 amide bonds. The Morgan fingerprint density at radius 2 is 1.69 bits per heavy atom. The Kier molecular flexibility index (Phi) is 8.60. The summed E-state index contributed by atoms with van der Waals surface area (Å²) >= 11 is 0. The highest BCUT2D eigenvalue weighted by molar-refractivity contribution is 5.67. The highest BCUT2D eigenvalue weighted by atomic mass is 16.6. The molecule has 0 aromatic carbocycles. The SMILES string of the molecule is CCC(N1CCNCC1)N1CCN(CCCNC(=O)OC(C)(C)C)CC1. The monoisotopic (exact) mass is 369 g/mol. The van der Waals surface area contributed by atoms with E-state index in [0.717, 1.165) is 65.3 Å². The first-order chi connectivity index (χ1) is 12.4. The van der Waals surface area contributed by atoms with Gasteiger partial charge in [0, 0.05) is 58.9 Å². The van der Waals surface area contributed by atoms with E-state index in [1.165, 1.54) is 6.42 Å². The van der Waals surface area contributed by atoms with Gasteiger partial charge in [0.25, 0.3) is 0 Å². The van der Waals surface area contributed by atoms with Crippen molar-refractivity contribution in [1.82, 2.24) is 25.3 Å². The number of alkyl carbamates (subject to hydrolysis) is 1. The molecule has 0 aromatic rings. The van der Waals surface area contributed by atoms with Crippen molar-refractivity contribution in [2.75, 3.05) is 65.4 Å². The molecule has 2 rings (SSSR count). The van der Waals surface area contributed by atoms with Crippen molar-refractivity contribution in [3.63, 3.8) is 0 Å². The van der Waals surface area contributed by atoms with Crippen molar-refractivity contribution in [3.05, 3.63) is 0 Å². The Bertz CT molecular complexity index is 413. The topological polar surface area (TPSA) is 60.1 Å². The van der Waals surface area contributed by atoms with Crippen LogP contribution in [0.25, 0.3) is 0 Å². The summed E-state index contributed by atoms with van der Waals surface area (Å²) in [5, 5.41) is 6.29. The van der Waals surface area contributed by atoms with Crippen molar-refractivity contribution in [2.24, 2.45) is 0 Å². The van der Waals surface area contributed by atoms with Gasteiger partial charge in [0.2, 0.25) is 0 Å². The van der Waals surface area contributed by atoms with Gasteiger partial charge in [-0.3, -0.25) is 9.80 Å². The number of nitrogens with zero attached hydrogens (tertiary/aromatic N) is 3. The number of ether oxygens (including phenoxy) is 1. The summed E-state index contributed by atoms with van der Waals surface area (Å²) in [6.45, 7) is 18.7. The number of nitrogens with one attached hydrogen (secondary N) is 2. The number of amides is 1. The average molecular weight is 370 g/mol. The minimum Gasteiger partial charge on any atom is -0.444 e. The zero-order valence-electron chi connectivity index (χ0n) is 17.2. The Morgan fingerprint density at radius 1 is 1.08 bits per heavy atom. The molecule has 2 fully saturated rings. The van der Waals surface area contributed by atoms with Crippen LogP contribution in [0.2, 0.25) is 0 Å². The van der Waals surface area contributed by atoms with Crippen LogP contribution in [0.15, 0.2) is 0 Å². The second kappa shape index (κ2) is 10.4. The van der Waals surface area contributed by atoms with Crippen LogP contribution >= 0.6 is 0 Å². The van der Waals surface area contributed by atoms with Crippen LogP contribution < -0.4 is 10.6 Å². The van der Waals surface area contributed by atoms with E-state index >= 15 is 0 Å². The van der Waals surface area contributed by atoms with Gasteiger partial charge in [-0.25, -0.2) is 4.79 Å². The van der Waals surface area contributed by atoms with Gasteiger partial charge >= 0.3 is 6.09 Å². The summed E-state index contributed by atoms with van der Waals surface area (Å²) in [6.07, 6.45) is 2.44. The first kappa shape index (κ1) is 21.4. The molecular formula is C19H39N5O2. The summed E-state index contributed by atoms with van der Waals surface area (Å²) < 4.78 is 5.26. The van der Waals surface area contributed by atoms with Crippen molar-refractivity contribution < 1.29 is 9.53 Å². The summed E-state index contributed by atoms with van der Waals surface area (Å²) in [5.74, 6) is 0. The van der Waals surface area contributed by atoms with E-state index in [4.69, 9.17) is 4.74 Å². The summed E-state index contributed by atoms with van der Waals surface area (Å²) in [7, 11) is 0. The van der Waals surface area contributed by atoms with Gasteiger partial charge in [-0.05, 0) is 40.2 Å². The van der Waals surface area contributed by atoms with Gasteiger partial charge in [-0.2, -0.15) is 0 Å². The highest BCUT2D eigenvalue weighted by Gasteiger charge is 2.27. The van der Waals surface area contributed by atoms with Crippen LogP contribution in [0.5, 0.6) is 0 Å². The molecule has 0 saturated carbocycles. The van der Waals surface area contributed by atoms with Gasteiger partial charge in [0.1, 0.15) is 5.60 Å². The number of hydrogen-bond acceptors (Lipinski definition) is 6. The number of carbonyl (C=O) groups is 1. The van der Waals surface area contributed by atoms with Gasteiger partial charge in [0.15, 0.2) is 0 Å². The van der Waals surface area contributed by atoms with E-state index in [-0.39, 0.29) is 6.09 Å². The Balaban J connectivity index is 1.61. The van der Waals surface area contributed by atoms with E-state index in [1.54, 1.807) is 0 Å². The van der Waals surface area contributed by atoms with Gasteiger partial charge in [-0.1, -0.05) is 6.92 Å². The molecule has 7 nitrogen and oxygen atoms in total. The fraction of sp³-hybridized carbons (Fsp3) is 0.947. The minimum absolute atomic E-state index is 0.316. The molecule has 2 heterocycles. The molecule has 7 heteroatoms. The van der Waals surface area contributed by atoms with Crippen LogP contribution in [-0.4, -0.2) is 98.0 Å². The smallest absolute Gasteiger partial charge is 0.407 e. The fourth-order valence-corrected chi connectivity index (χ4v) is 3.82. The molecule has 2 aliphatic heterocycles. The van der Waals surface area contributed by atoms with E-state index in [2.05, 4.69) is 32.3 Å². The molecule has 0 aromatic heterocycles. The Hall–Kier alpha value is -0.890. The molecule has 0 bridgehead atoms. The predicted octanol–water partition coefficient (Wildman–Crippen LogP) is 1.16. The van der Waals surface area contributed by atoms with Crippen LogP contribution in [0.1, 0.15) is 40.5 Å². The van der Waals surface area contributed by atoms with Crippen LogP contribution in [0.3, 0.4) is 0 Å². The quantitative estimate of drug-likeness (QED) is 0.657. The maximum Gasteiger partial charge on any atom is 0.407 e. The molecule has 0 spiro atoms. The predicted molar refractivity (Wildman–Crippen MR) is 105 cm³/mol. The molecular weight excluding hydrogens is 330 g/mol.